The van der Waals surface area contributed by atoms with E-state index in [-0.39, 0.29) is 12.6 Å². The van der Waals surface area contributed by atoms with Crippen LogP contribution in [0.4, 0.5) is 0 Å². The number of fused-ring (bicyclic) bond motifs is 2. The van der Waals surface area contributed by atoms with Crippen LogP contribution in [-0.4, -0.2) is 13.1 Å². The number of ether oxygens (including phenoxy) is 2. The molecular formula is C21H24O4. The van der Waals surface area contributed by atoms with Gasteiger partial charge in [-0.2, -0.15) is 0 Å². The summed E-state index contributed by atoms with van der Waals surface area (Å²) in [5.41, 5.74) is 5.57. The third kappa shape index (κ3) is 2.86. The molecule has 0 spiro atoms. The van der Waals surface area contributed by atoms with E-state index in [9.17, 15) is 4.79 Å². The maximum Gasteiger partial charge on any atom is 0.333 e. The fraction of sp³-hybridized carbons (Fsp3) is 0.381. The summed E-state index contributed by atoms with van der Waals surface area (Å²) < 4.78 is 17.0. The highest BCUT2D eigenvalue weighted by molar-refractivity contribution is 5.95. The predicted molar refractivity (Wildman–Crippen MR) is 98.8 cm³/mol. The van der Waals surface area contributed by atoms with Crippen molar-refractivity contribution in [2.24, 2.45) is 0 Å². The Morgan fingerprint density at radius 2 is 2.20 bits per heavy atom. The molecule has 1 aromatic carbocycles. The molecular weight excluding hydrogens is 316 g/mol. The predicted octanol–water partition coefficient (Wildman–Crippen LogP) is 5.28. The van der Waals surface area contributed by atoms with Gasteiger partial charge in [0.2, 0.25) is 0 Å². The number of hydrogen-bond donors (Lipinski definition) is 0. The Hall–Kier alpha value is -2.49. The molecule has 1 heterocycles. The average Bonchev–Trinajstić information content (AvgIpc) is 2.99. The lowest BCUT2D eigenvalue weighted by molar-refractivity contribution is -0.140. The van der Waals surface area contributed by atoms with Gasteiger partial charge in [-0.15, -0.1) is 0 Å². The summed E-state index contributed by atoms with van der Waals surface area (Å²) in [6.45, 7) is 8.01. The topological polar surface area (TPSA) is 48.7 Å². The number of rotatable bonds is 4. The summed E-state index contributed by atoms with van der Waals surface area (Å²) in [6, 6.07) is 0. The van der Waals surface area contributed by atoms with E-state index in [0.717, 1.165) is 34.2 Å². The third-order valence-corrected chi connectivity index (χ3v) is 4.92. The number of methoxy groups -OCH3 is 1. The SMILES string of the molecule is CC=C(C)C(=O)OCc1c2c(c(OC)c3occ(C)c13)C=CCC2C. The molecule has 0 N–H and O–H groups in total. The Balaban J connectivity index is 2.19. The van der Waals surface area contributed by atoms with Crippen molar-refractivity contribution in [2.45, 2.75) is 46.6 Å². The molecule has 1 aliphatic rings. The van der Waals surface area contributed by atoms with E-state index < -0.39 is 0 Å². The van der Waals surface area contributed by atoms with Gasteiger partial charge in [-0.05, 0) is 44.2 Å². The van der Waals surface area contributed by atoms with Crippen molar-refractivity contribution in [1.29, 1.82) is 0 Å². The van der Waals surface area contributed by atoms with Crippen LogP contribution in [0.3, 0.4) is 0 Å². The van der Waals surface area contributed by atoms with Crippen molar-refractivity contribution >= 4 is 23.0 Å². The van der Waals surface area contributed by atoms with Gasteiger partial charge in [0.15, 0.2) is 11.3 Å². The van der Waals surface area contributed by atoms with Crippen molar-refractivity contribution < 1.29 is 18.7 Å². The molecule has 132 valence electrons. The van der Waals surface area contributed by atoms with Crippen LogP contribution in [0.25, 0.3) is 17.0 Å². The van der Waals surface area contributed by atoms with Crippen molar-refractivity contribution in [3.63, 3.8) is 0 Å². The molecule has 1 aromatic heterocycles. The molecule has 1 unspecified atom stereocenters. The van der Waals surface area contributed by atoms with Gasteiger partial charge in [-0.25, -0.2) is 4.79 Å². The van der Waals surface area contributed by atoms with E-state index in [1.807, 2.05) is 13.8 Å². The maximum absolute atomic E-state index is 12.1. The summed E-state index contributed by atoms with van der Waals surface area (Å²) in [5.74, 6) is 0.782. The Morgan fingerprint density at radius 3 is 2.88 bits per heavy atom. The molecule has 4 nitrogen and oxygen atoms in total. The fourth-order valence-corrected chi connectivity index (χ4v) is 3.49. The molecule has 0 amide bonds. The number of esters is 1. The van der Waals surface area contributed by atoms with Gasteiger partial charge < -0.3 is 13.9 Å². The maximum atomic E-state index is 12.1. The van der Waals surface area contributed by atoms with Gasteiger partial charge in [-0.1, -0.05) is 25.2 Å². The number of benzene rings is 1. The van der Waals surface area contributed by atoms with Gasteiger partial charge in [-0.3, -0.25) is 0 Å². The van der Waals surface area contributed by atoms with Crippen LogP contribution in [0, 0.1) is 6.92 Å². The summed E-state index contributed by atoms with van der Waals surface area (Å²) in [4.78, 5) is 12.1. The van der Waals surface area contributed by atoms with Crippen molar-refractivity contribution in [1.82, 2.24) is 0 Å². The van der Waals surface area contributed by atoms with Crippen LogP contribution < -0.4 is 4.74 Å². The summed E-state index contributed by atoms with van der Waals surface area (Å²) >= 11 is 0. The Morgan fingerprint density at radius 1 is 1.44 bits per heavy atom. The standard InChI is InChI=1S/C21H24O4/c1-6-12(2)21(22)25-11-16-17-13(3)8-7-9-15(17)19(23-5)20-18(16)14(4)10-24-20/h6-7,9-10,13H,8,11H2,1-5H3. The van der Waals surface area contributed by atoms with Gasteiger partial charge in [0.25, 0.3) is 0 Å². The van der Waals surface area contributed by atoms with Crippen molar-refractivity contribution in [3.05, 3.63) is 46.2 Å². The van der Waals surface area contributed by atoms with E-state index in [0.29, 0.717) is 17.1 Å². The number of furan rings is 1. The zero-order valence-corrected chi connectivity index (χ0v) is 15.4. The lowest BCUT2D eigenvalue weighted by Crippen LogP contribution is -2.12. The van der Waals surface area contributed by atoms with Gasteiger partial charge in [0.05, 0.1) is 13.4 Å². The fourth-order valence-electron chi connectivity index (χ4n) is 3.49. The lowest BCUT2D eigenvalue weighted by atomic mass is 9.82. The first kappa shape index (κ1) is 17.3. The smallest absolute Gasteiger partial charge is 0.333 e. The first-order valence-electron chi connectivity index (χ1n) is 8.56. The second-order valence-electron chi connectivity index (χ2n) is 6.55. The largest absolute Gasteiger partial charge is 0.492 e. The summed E-state index contributed by atoms with van der Waals surface area (Å²) in [7, 11) is 1.66. The highest BCUT2D eigenvalue weighted by Crippen LogP contribution is 2.45. The molecule has 1 atom stereocenters. The first-order chi connectivity index (χ1) is 12.0. The van der Waals surface area contributed by atoms with Crippen LogP contribution in [-0.2, 0) is 16.1 Å². The Labute approximate surface area is 148 Å². The van der Waals surface area contributed by atoms with Gasteiger partial charge in [0.1, 0.15) is 6.61 Å². The molecule has 4 heteroatoms. The first-order valence-corrected chi connectivity index (χ1v) is 8.56. The van der Waals surface area contributed by atoms with Crippen molar-refractivity contribution in [2.75, 3.05) is 7.11 Å². The molecule has 0 aliphatic heterocycles. The summed E-state index contributed by atoms with van der Waals surface area (Å²) in [5, 5.41) is 0.990. The quantitative estimate of drug-likeness (QED) is 0.561. The minimum Gasteiger partial charge on any atom is -0.492 e. The van der Waals surface area contributed by atoms with E-state index >= 15 is 0 Å². The normalized spacial score (nSPS) is 16.8. The summed E-state index contributed by atoms with van der Waals surface area (Å²) in [6.07, 6.45) is 8.67. The number of aryl methyl sites for hydroxylation is 1. The van der Waals surface area contributed by atoms with Crippen LogP contribution in [0.1, 0.15) is 55.4 Å². The highest BCUT2D eigenvalue weighted by Gasteiger charge is 2.27. The second-order valence-corrected chi connectivity index (χ2v) is 6.55. The van der Waals surface area contributed by atoms with Gasteiger partial charge >= 0.3 is 5.97 Å². The zero-order chi connectivity index (χ0) is 18.1. The molecule has 1 aliphatic carbocycles. The van der Waals surface area contributed by atoms with E-state index in [1.165, 1.54) is 5.56 Å². The number of allylic oxidation sites excluding steroid dienone is 2. The molecule has 0 saturated heterocycles. The lowest BCUT2D eigenvalue weighted by Gasteiger charge is -2.24. The van der Waals surface area contributed by atoms with Crippen LogP contribution in [0.2, 0.25) is 0 Å². The van der Waals surface area contributed by atoms with E-state index in [1.54, 1.807) is 26.4 Å². The van der Waals surface area contributed by atoms with Crippen LogP contribution in [0.5, 0.6) is 5.75 Å². The van der Waals surface area contributed by atoms with E-state index in [2.05, 4.69) is 19.1 Å². The molecule has 0 fully saturated rings. The number of carbonyl (C=O) groups excluding carboxylic acids is 1. The molecule has 25 heavy (non-hydrogen) atoms. The monoisotopic (exact) mass is 340 g/mol. The minimum absolute atomic E-state index is 0.228. The number of hydrogen-bond acceptors (Lipinski definition) is 4. The average molecular weight is 340 g/mol. The minimum atomic E-state index is -0.291. The van der Waals surface area contributed by atoms with Crippen LogP contribution in [0.15, 0.2) is 28.4 Å². The zero-order valence-electron chi connectivity index (χ0n) is 15.4. The molecule has 0 bridgehead atoms. The molecule has 2 aromatic rings. The Kier molecular flexibility index (Phi) is 4.71. The molecule has 0 saturated carbocycles. The second kappa shape index (κ2) is 6.79. The third-order valence-electron chi connectivity index (χ3n) is 4.92. The van der Waals surface area contributed by atoms with Crippen molar-refractivity contribution in [3.8, 4) is 5.75 Å². The van der Waals surface area contributed by atoms with Crippen LogP contribution >= 0.6 is 0 Å². The van der Waals surface area contributed by atoms with Gasteiger partial charge in [0, 0.05) is 22.1 Å². The van der Waals surface area contributed by atoms with E-state index in [4.69, 9.17) is 13.9 Å². The highest BCUT2D eigenvalue weighted by atomic mass is 16.5. The molecule has 3 rings (SSSR count). The molecule has 0 radical (unpaired) electrons. The number of carbonyl (C=O) groups is 1. The Bertz CT molecular complexity index is 883.